The molecule has 0 aliphatic heterocycles. The van der Waals surface area contributed by atoms with Crippen LogP contribution in [-0.2, 0) is 26.6 Å². The number of carbonyl (C=O) groups is 1. The molecule has 0 aliphatic rings. The normalized spacial score (nSPS) is 7.47. The smallest absolute Gasteiger partial charge is 0.498 e. The molecule has 0 spiro atoms. The van der Waals surface area contributed by atoms with Crippen LogP contribution in [0.5, 0.6) is 0 Å². The molecule has 0 fully saturated rings. The van der Waals surface area contributed by atoms with Crippen LogP contribution in [0.3, 0.4) is 0 Å². The summed E-state index contributed by atoms with van der Waals surface area (Å²) < 4.78 is 4.75. The second-order valence-corrected chi connectivity index (χ2v) is 2.87. The zero-order valence-electron chi connectivity index (χ0n) is 8.29. The molecule has 0 N–H and O–H groups in total. The molecule has 15 heavy (non-hydrogen) atoms. The minimum Gasteiger partial charge on any atom is -0.498 e. The Morgan fingerprint density at radius 1 is 1.27 bits per heavy atom. The number of rotatable bonds is 3. The van der Waals surface area contributed by atoms with Gasteiger partial charge in [0.05, 0.1) is 5.41 Å². The van der Waals surface area contributed by atoms with Gasteiger partial charge >= 0.3 is 23.0 Å². The Kier molecular flexibility index (Phi) is 39.7. The van der Waals surface area contributed by atoms with Gasteiger partial charge in [0.2, 0.25) is 0 Å². The predicted octanol–water partition coefficient (Wildman–Crippen LogP) is 4.16. The average Bonchev–Trinajstić information content (AvgIpc) is 1.89. The van der Waals surface area contributed by atoms with E-state index in [2.05, 4.69) is 6.92 Å². The van der Waals surface area contributed by atoms with Crippen molar-refractivity contribution >= 4 is 5.97 Å². The first-order chi connectivity index (χ1) is 4.54. The van der Waals surface area contributed by atoms with Crippen molar-refractivity contribution in [2.24, 2.45) is 5.41 Å². The molecule has 0 aliphatic carbocycles. The molecule has 0 bridgehead atoms. The van der Waals surface area contributed by atoms with Gasteiger partial charge in [-0.1, -0.05) is 29.2 Å². The van der Waals surface area contributed by atoms with Gasteiger partial charge in [0.15, 0.2) is 0 Å². The molecule has 0 unspecified atom stereocenters. The standard InChI is InChI=1S/C8H15O2.3CH4.CH3.Fe/c1-5-8(3,4)7(9)10-6-2;;;;;/h2,5-6H2,1,3-4H3;3*1H4;1H3;/q-1;;;;-1;+2. The van der Waals surface area contributed by atoms with E-state index in [0.717, 1.165) is 6.42 Å². The quantitative estimate of drug-likeness (QED) is 0.433. The van der Waals surface area contributed by atoms with Gasteiger partial charge in [-0.25, -0.2) is 0 Å². The SMILES string of the molecule is C.C.C.[CH2-]COC(=O)C(C)(C)CC.[CH3-].[Fe+2]. The molecule has 0 atom stereocenters. The molecule has 0 aromatic rings. The summed E-state index contributed by atoms with van der Waals surface area (Å²) in [5, 5.41) is 0. The van der Waals surface area contributed by atoms with Crippen LogP contribution < -0.4 is 0 Å². The molecular formula is C12H30FeO2. The van der Waals surface area contributed by atoms with E-state index in [0.29, 0.717) is 0 Å². The summed E-state index contributed by atoms with van der Waals surface area (Å²) in [6.07, 6.45) is 0.797. The Morgan fingerprint density at radius 3 is 1.80 bits per heavy atom. The molecule has 3 heteroatoms. The molecule has 0 heterocycles. The van der Waals surface area contributed by atoms with Crippen molar-refractivity contribution in [1.82, 2.24) is 0 Å². The molecule has 2 nitrogen and oxygen atoms in total. The van der Waals surface area contributed by atoms with E-state index in [-0.39, 0.29) is 64.8 Å². The number of hydrogen-bond donors (Lipinski definition) is 0. The van der Waals surface area contributed by atoms with Crippen LogP contribution in [0.15, 0.2) is 0 Å². The molecule has 0 aromatic heterocycles. The topological polar surface area (TPSA) is 26.3 Å². The van der Waals surface area contributed by atoms with Crippen molar-refractivity contribution in [3.05, 3.63) is 14.4 Å². The Balaban J connectivity index is -0.0000000405. The summed E-state index contributed by atoms with van der Waals surface area (Å²) in [6.45, 7) is 9.35. The fourth-order valence-corrected chi connectivity index (χ4v) is 0.432. The van der Waals surface area contributed by atoms with E-state index >= 15 is 0 Å². The van der Waals surface area contributed by atoms with Crippen LogP contribution in [0, 0.1) is 19.8 Å². The third-order valence-electron chi connectivity index (χ3n) is 1.67. The maximum Gasteiger partial charge on any atom is 2.00 e. The maximum atomic E-state index is 11.0. The van der Waals surface area contributed by atoms with Gasteiger partial charge in [-0.15, -0.1) is 0 Å². The number of carbonyl (C=O) groups excluding carboxylic acids is 1. The second-order valence-electron chi connectivity index (χ2n) is 2.87. The molecule has 0 saturated carbocycles. The average molecular weight is 262 g/mol. The molecule has 0 saturated heterocycles. The summed E-state index contributed by atoms with van der Waals surface area (Å²) in [5.41, 5.74) is -0.350. The van der Waals surface area contributed by atoms with Crippen LogP contribution in [0.25, 0.3) is 0 Å². The van der Waals surface area contributed by atoms with Crippen LogP contribution in [-0.4, -0.2) is 12.6 Å². The van der Waals surface area contributed by atoms with Gasteiger partial charge in [0.25, 0.3) is 0 Å². The van der Waals surface area contributed by atoms with E-state index in [4.69, 9.17) is 4.74 Å². The van der Waals surface area contributed by atoms with Gasteiger partial charge in [0, 0.05) is 0 Å². The summed E-state index contributed by atoms with van der Waals surface area (Å²) in [4.78, 5) is 11.0. The van der Waals surface area contributed by atoms with Crippen LogP contribution in [0.2, 0.25) is 0 Å². The van der Waals surface area contributed by atoms with Crippen molar-refractivity contribution in [3.63, 3.8) is 0 Å². The van der Waals surface area contributed by atoms with Gasteiger partial charge in [-0.05, 0) is 26.9 Å². The monoisotopic (exact) mass is 262 g/mol. The first-order valence-electron chi connectivity index (χ1n) is 3.51. The summed E-state index contributed by atoms with van der Waals surface area (Å²) in [6, 6.07) is 0. The first kappa shape index (κ1) is 36.3. The predicted molar refractivity (Wildman–Crippen MR) is 67.0 cm³/mol. The third kappa shape index (κ3) is 14.0. The van der Waals surface area contributed by atoms with Crippen molar-refractivity contribution in [3.8, 4) is 0 Å². The number of esters is 1. The van der Waals surface area contributed by atoms with Crippen molar-refractivity contribution in [2.45, 2.75) is 49.5 Å². The maximum absolute atomic E-state index is 11.0. The van der Waals surface area contributed by atoms with Crippen LogP contribution in [0.4, 0.5) is 0 Å². The summed E-state index contributed by atoms with van der Waals surface area (Å²) in [5.74, 6) is -0.162. The van der Waals surface area contributed by atoms with Gasteiger partial charge in [-0.2, -0.15) is 0 Å². The Labute approximate surface area is 109 Å². The molecule has 0 radical (unpaired) electrons. The molecule has 0 rings (SSSR count). The zero-order valence-corrected chi connectivity index (χ0v) is 9.40. The van der Waals surface area contributed by atoms with E-state index in [1.54, 1.807) is 0 Å². The van der Waals surface area contributed by atoms with Gasteiger partial charge in [-0.3, -0.25) is 4.79 Å². The van der Waals surface area contributed by atoms with E-state index in [1.165, 1.54) is 0 Å². The second kappa shape index (κ2) is 16.4. The van der Waals surface area contributed by atoms with Crippen molar-refractivity contribution in [2.75, 3.05) is 6.61 Å². The van der Waals surface area contributed by atoms with E-state index in [9.17, 15) is 4.79 Å². The third-order valence-corrected chi connectivity index (χ3v) is 1.67. The van der Waals surface area contributed by atoms with Gasteiger partial charge < -0.3 is 19.1 Å². The Bertz CT molecular complexity index is 123. The minimum atomic E-state index is -0.350. The summed E-state index contributed by atoms with van der Waals surface area (Å²) in [7, 11) is 0. The zero-order chi connectivity index (χ0) is 8.20. The fraction of sp³-hybridized carbons (Fsp3) is 0.750. The fourth-order valence-electron chi connectivity index (χ4n) is 0.432. The minimum absolute atomic E-state index is 0. The first-order valence-corrected chi connectivity index (χ1v) is 3.51. The van der Waals surface area contributed by atoms with Crippen molar-refractivity contribution < 1.29 is 26.6 Å². The Hall–Kier alpha value is -0.0105. The molecule has 0 amide bonds. The van der Waals surface area contributed by atoms with E-state index < -0.39 is 0 Å². The molecular weight excluding hydrogens is 232 g/mol. The Morgan fingerprint density at radius 2 is 1.60 bits per heavy atom. The number of hydrogen-bond acceptors (Lipinski definition) is 2. The van der Waals surface area contributed by atoms with Gasteiger partial charge in [0.1, 0.15) is 0 Å². The molecule has 0 aromatic carbocycles. The number of ether oxygens (including phenoxy) is 1. The van der Waals surface area contributed by atoms with E-state index in [1.807, 2.05) is 20.8 Å². The van der Waals surface area contributed by atoms with Crippen LogP contribution >= 0.6 is 0 Å². The van der Waals surface area contributed by atoms with Crippen LogP contribution in [0.1, 0.15) is 49.5 Å². The van der Waals surface area contributed by atoms with Crippen molar-refractivity contribution in [1.29, 1.82) is 0 Å². The summed E-state index contributed by atoms with van der Waals surface area (Å²) >= 11 is 0. The molecule has 98 valence electrons. The largest absolute Gasteiger partial charge is 2.00 e.